The fraction of sp³-hybridized carbons (Fsp3) is 0.385. The van der Waals surface area contributed by atoms with Crippen LogP contribution in [0.15, 0.2) is 28.7 Å². The highest BCUT2D eigenvalue weighted by Gasteiger charge is 2.08. The van der Waals surface area contributed by atoms with Gasteiger partial charge in [0.1, 0.15) is 6.61 Å². The number of anilines is 1. The number of methoxy groups -OCH3 is 1. The van der Waals surface area contributed by atoms with Crippen LogP contribution in [0.5, 0.6) is 0 Å². The molecule has 5 nitrogen and oxygen atoms in total. The molecule has 0 unspecified atom stereocenters. The quantitative estimate of drug-likeness (QED) is 0.616. The van der Waals surface area contributed by atoms with Crippen molar-refractivity contribution < 1.29 is 19.1 Å². The van der Waals surface area contributed by atoms with E-state index in [1.807, 2.05) is 12.1 Å². The largest absolute Gasteiger partial charge is 0.463 e. The molecule has 0 atom stereocenters. The number of carbonyl (C=O) groups excluding carboxylic acids is 2. The van der Waals surface area contributed by atoms with Gasteiger partial charge in [0.25, 0.3) is 0 Å². The summed E-state index contributed by atoms with van der Waals surface area (Å²) in [4.78, 5) is 22.8. The molecule has 0 spiro atoms. The molecule has 0 bridgehead atoms. The Hall–Kier alpha value is -1.40. The van der Waals surface area contributed by atoms with Crippen molar-refractivity contribution in [3.05, 3.63) is 28.7 Å². The third-order valence-corrected chi connectivity index (χ3v) is 2.76. The highest BCUT2D eigenvalue weighted by Crippen LogP contribution is 2.14. The van der Waals surface area contributed by atoms with Crippen molar-refractivity contribution in [2.75, 3.05) is 25.6 Å². The molecule has 104 valence electrons. The molecule has 0 aliphatic rings. The molecule has 0 saturated carbocycles. The number of carbonyl (C=O) groups is 2. The molecular weight excluding hydrogens is 314 g/mol. The van der Waals surface area contributed by atoms with Gasteiger partial charge in [-0.2, -0.15) is 0 Å². The number of rotatable bonds is 7. The van der Waals surface area contributed by atoms with E-state index in [1.54, 1.807) is 12.1 Å². The van der Waals surface area contributed by atoms with Gasteiger partial charge in [0, 0.05) is 23.7 Å². The molecule has 0 aromatic heterocycles. The van der Waals surface area contributed by atoms with Gasteiger partial charge in [0.05, 0.1) is 13.0 Å². The summed E-state index contributed by atoms with van der Waals surface area (Å²) in [5, 5.41) is 2.70. The lowest BCUT2D eigenvalue weighted by Gasteiger charge is -2.06. The van der Waals surface area contributed by atoms with Gasteiger partial charge >= 0.3 is 5.97 Å². The first kappa shape index (κ1) is 15.7. The lowest BCUT2D eigenvalue weighted by molar-refractivity contribution is -0.145. The summed E-state index contributed by atoms with van der Waals surface area (Å²) in [6.45, 7) is 0.570. The summed E-state index contributed by atoms with van der Waals surface area (Å²) in [6, 6.07) is 7.21. The summed E-state index contributed by atoms with van der Waals surface area (Å²) in [5.41, 5.74) is 0.695. The van der Waals surface area contributed by atoms with Crippen LogP contribution in [0, 0.1) is 0 Å². The van der Waals surface area contributed by atoms with E-state index in [0.717, 1.165) is 4.47 Å². The molecule has 0 radical (unpaired) electrons. The lowest BCUT2D eigenvalue weighted by atomic mass is 10.2. The van der Waals surface area contributed by atoms with Crippen molar-refractivity contribution in [3.8, 4) is 0 Å². The molecule has 6 heteroatoms. The standard InChI is InChI=1S/C13H16BrNO4/c1-18-8-9-19-13(17)7-6-12(16)15-11-4-2-10(14)3-5-11/h2-5H,6-9H2,1H3,(H,15,16). The monoisotopic (exact) mass is 329 g/mol. The molecule has 0 fully saturated rings. The maximum atomic E-state index is 11.6. The number of esters is 1. The van der Waals surface area contributed by atoms with Crippen LogP contribution in [-0.2, 0) is 19.1 Å². The zero-order chi connectivity index (χ0) is 14.1. The summed E-state index contributed by atoms with van der Waals surface area (Å²) in [6.07, 6.45) is 0.161. The Kier molecular flexibility index (Phi) is 7.14. The van der Waals surface area contributed by atoms with Crippen LogP contribution in [0.1, 0.15) is 12.8 Å². The summed E-state index contributed by atoms with van der Waals surface area (Å²) >= 11 is 3.31. The normalized spacial score (nSPS) is 10.0. The fourth-order valence-electron chi connectivity index (χ4n) is 1.28. The molecule has 0 heterocycles. The molecule has 1 amide bonds. The van der Waals surface area contributed by atoms with E-state index in [1.165, 1.54) is 7.11 Å². The second-order valence-electron chi connectivity index (χ2n) is 3.77. The fourth-order valence-corrected chi connectivity index (χ4v) is 1.55. The molecule has 19 heavy (non-hydrogen) atoms. The first-order valence-electron chi connectivity index (χ1n) is 5.82. The first-order chi connectivity index (χ1) is 9.11. The maximum absolute atomic E-state index is 11.6. The van der Waals surface area contributed by atoms with Crippen LogP contribution in [0.4, 0.5) is 5.69 Å². The summed E-state index contributed by atoms with van der Waals surface area (Å²) in [7, 11) is 1.53. The number of benzene rings is 1. The number of halogens is 1. The Morgan fingerprint density at radius 1 is 1.16 bits per heavy atom. The Morgan fingerprint density at radius 3 is 2.47 bits per heavy atom. The van der Waals surface area contributed by atoms with Crippen LogP contribution in [0.2, 0.25) is 0 Å². The van der Waals surface area contributed by atoms with Crippen molar-refractivity contribution in [2.24, 2.45) is 0 Å². The number of amides is 1. The minimum Gasteiger partial charge on any atom is -0.463 e. The minimum atomic E-state index is -0.400. The summed E-state index contributed by atoms with van der Waals surface area (Å²) < 4.78 is 10.5. The van der Waals surface area contributed by atoms with E-state index in [0.29, 0.717) is 12.3 Å². The zero-order valence-corrected chi connectivity index (χ0v) is 12.2. The molecular formula is C13H16BrNO4. The van der Waals surface area contributed by atoms with Gasteiger partial charge in [-0.3, -0.25) is 9.59 Å². The second-order valence-corrected chi connectivity index (χ2v) is 4.68. The Labute approximate surface area is 120 Å². The predicted molar refractivity (Wildman–Crippen MR) is 74.8 cm³/mol. The van der Waals surface area contributed by atoms with Gasteiger partial charge in [0.15, 0.2) is 0 Å². The van der Waals surface area contributed by atoms with E-state index in [4.69, 9.17) is 9.47 Å². The number of nitrogens with one attached hydrogen (secondary N) is 1. The van der Waals surface area contributed by atoms with Crippen LogP contribution < -0.4 is 5.32 Å². The molecule has 1 aromatic rings. The average Bonchev–Trinajstić information content (AvgIpc) is 2.39. The van der Waals surface area contributed by atoms with Gasteiger partial charge in [-0.15, -0.1) is 0 Å². The van der Waals surface area contributed by atoms with Crippen molar-refractivity contribution in [3.63, 3.8) is 0 Å². The van der Waals surface area contributed by atoms with Gasteiger partial charge in [0.2, 0.25) is 5.91 Å². The molecule has 0 saturated heterocycles. The van der Waals surface area contributed by atoms with Crippen molar-refractivity contribution in [1.82, 2.24) is 0 Å². The summed E-state index contributed by atoms with van der Waals surface area (Å²) in [5.74, 6) is -0.617. The highest BCUT2D eigenvalue weighted by molar-refractivity contribution is 9.10. The van der Waals surface area contributed by atoms with E-state index in [2.05, 4.69) is 21.2 Å². The van der Waals surface area contributed by atoms with Gasteiger partial charge < -0.3 is 14.8 Å². The molecule has 1 rings (SSSR count). The van der Waals surface area contributed by atoms with E-state index >= 15 is 0 Å². The average molecular weight is 330 g/mol. The van der Waals surface area contributed by atoms with Crippen LogP contribution in [0.25, 0.3) is 0 Å². The van der Waals surface area contributed by atoms with Crippen molar-refractivity contribution in [1.29, 1.82) is 0 Å². The highest BCUT2D eigenvalue weighted by atomic mass is 79.9. The van der Waals surface area contributed by atoms with E-state index < -0.39 is 5.97 Å². The third-order valence-electron chi connectivity index (χ3n) is 2.23. The van der Waals surface area contributed by atoms with E-state index in [-0.39, 0.29) is 25.4 Å². The van der Waals surface area contributed by atoms with Gasteiger partial charge in [-0.05, 0) is 24.3 Å². The number of hydrogen-bond acceptors (Lipinski definition) is 4. The Bertz CT molecular complexity index is 419. The first-order valence-corrected chi connectivity index (χ1v) is 6.61. The number of hydrogen-bond donors (Lipinski definition) is 1. The smallest absolute Gasteiger partial charge is 0.306 e. The van der Waals surface area contributed by atoms with Crippen molar-refractivity contribution in [2.45, 2.75) is 12.8 Å². The Morgan fingerprint density at radius 2 is 1.84 bits per heavy atom. The van der Waals surface area contributed by atoms with Gasteiger partial charge in [-0.25, -0.2) is 0 Å². The SMILES string of the molecule is COCCOC(=O)CCC(=O)Nc1ccc(Br)cc1. The maximum Gasteiger partial charge on any atom is 0.306 e. The van der Waals surface area contributed by atoms with Crippen LogP contribution >= 0.6 is 15.9 Å². The zero-order valence-electron chi connectivity index (χ0n) is 10.6. The van der Waals surface area contributed by atoms with Gasteiger partial charge in [-0.1, -0.05) is 15.9 Å². The second kappa shape index (κ2) is 8.66. The van der Waals surface area contributed by atoms with Crippen LogP contribution in [0.3, 0.4) is 0 Å². The molecule has 1 N–H and O–H groups in total. The molecule has 1 aromatic carbocycles. The lowest BCUT2D eigenvalue weighted by Crippen LogP contribution is -2.15. The predicted octanol–water partition coefficient (Wildman–Crippen LogP) is 2.36. The molecule has 0 aliphatic heterocycles. The van der Waals surface area contributed by atoms with Crippen LogP contribution in [-0.4, -0.2) is 32.2 Å². The topological polar surface area (TPSA) is 64.6 Å². The minimum absolute atomic E-state index is 0.0616. The van der Waals surface area contributed by atoms with Crippen molar-refractivity contribution >= 4 is 33.5 Å². The third kappa shape index (κ3) is 6.93. The Balaban J connectivity index is 2.24. The molecule has 0 aliphatic carbocycles. The number of ether oxygens (including phenoxy) is 2. The van der Waals surface area contributed by atoms with E-state index in [9.17, 15) is 9.59 Å².